The molecule has 5 aliphatic rings. The highest BCUT2D eigenvalue weighted by Crippen LogP contribution is 2.51. The van der Waals surface area contributed by atoms with Crippen molar-refractivity contribution in [3.63, 3.8) is 0 Å². The molecule has 2 heterocycles. The van der Waals surface area contributed by atoms with Gasteiger partial charge in [0.25, 0.3) is 5.92 Å². The number of alkyl halides is 2. The third-order valence-electron chi connectivity index (χ3n) is 7.92. The zero-order valence-electron chi connectivity index (χ0n) is 19.8. The standard InChI is InChI=1S/C26H30F2N4O3/c1-15-30-20(11-21(33)32-25-7-5-16(12-25)13-25)22(24-34-9-10-35-24)23(31-15)29-14-17-3-2-4-19-18(17)6-8-26(19,27)28/h2-4,16,24H,5-14H2,1H3,(H,32,33)(H,29,30,31). The first-order chi connectivity index (χ1) is 16.8. The number of carbonyl (C=O) groups is 1. The Balaban J connectivity index is 1.26. The Morgan fingerprint density at radius 3 is 2.71 bits per heavy atom. The molecule has 35 heavy (non-hydrogen) atoms. The molecule has 9 heteroatoms. The molecule has 1 aromatic heterocycles. The van der Waals surface area contributed by atoms with Gasteiger partial charge < -0.3 is 20.1 Å². The molecule has 0 atom stereocenters. The Bertz CT molecular complexity index is 1150. The number of rotatable bonds is 7. The Labute approximate surface area is 203 Å². The number of benzene rings is 1. The largest absolute Gasteiger partial charge is 0.365 e. The van der Waals surface area contributed by atoms with E-state index < -0.39 is 12.2 Å². The van der Waals surface area contributed by atoms with Crippen LogP contribution in [0.5, 0.6) is 0 Å². The first-order valence-electron chi connectivity index (χ1n) is 12.5. The maximum atomic E-state index is 14.2. The molecular formula is C26H30F2N4O3. The minimum atomic E-state index is -2.78. The van der Waals surface area contributed by atoms with Crippen LogP contribution in [-0.4, -0.2) is 34.6 Å². The molecule has 2 N–H and O–H groups in total. The average molecular weight is 485 g/mol. The minimum Gasteiger partial charge on any atom is -0.365 e. The van der Waals surface area contributed by atoms with Crippen molar-refractivity contribution in [1.29, 1.82) is 0 Å². The maximum Gasteiger partial charge on any atom is 0.273 e. The average Bonchev–Trinajstić information content (AvgIpc) is 3.57. The second-order valence-electron chi connectivity index (χ2n) is 10.4. The number of hydrogen-bond donors (Lipinski definition) is 2. The molecular weight excluding hydrogens is 454 g/mol. The van der Waals surface area contributed by atoms with Gasteiger partial charge in [0.05, 0.1) is 30.9 Å². The number of aromatic nitrogens is 2. The van der Waals surface area contributed by atoms with Crippen LogP contribution in [0.1, 0.15) is 72.2 Å². The predicted molar refractivity (Wildman–Crippen MR) is 124 cm³/mol. The van der Waals surface area contributed by atoms with Crippen LogP contribution in [0.3, 0.4) is 0 Å². The Morgan fingerprint density at radius 2 is 1.97 bits per heavy atom. The highest BCUT2D eigenvalue weighted by atomic mass is 19.3. The molecule has 0 radical (unpaired) electrons. The summed E-state index contributed by atoms with van der Waals surface area (Å²) in [7, 11) is 0. The van der Waals surface area contributed by atoms with Gasteiger partial charge in [0.15, 0.2) is 6.29 Å². The van der Waals surface area contributed by atoms with Crippen LogP contribution in [0.2, 0.25) is 0 Å². The Morgan fingerprint density at radius 1 is 1.17 bits per heavy atom. The van der Waals surface area contributed by atoms with Gasteiger partial charge in [-0.1, -0.05) is 18.2 Å². The van der Waals surface area contributed by atoms with Crippen LogP contribution in [0.4, 0.5) is 14.6 Å². The van der Waals surface area contributed by atoms with Gasteiger partial charge in [-0.3, -0.25) is 4.79 Å². The van der Waals surface area contributed by atoms with Gasteiger partial charge in [-0.25, -0.2) is 18.7 Å². The smallest absolute Gasteiger partial charge is 0.273 e. The van der Waals surface area contributed by atoms with Crippen molar-refractivity contribution in [2.75, 3.05) is 18.5 Å². The number of halogens is 2. The number of fused-ring (bicyclic) bond motifs is 2. The van der Waals surface area contributed by atoms with E-state index in [1.165, 1.54) is 12.5 Å². The van der Waals surface area contributed by atoms with Gasteiger partial charge in [0.2, 0.25) is 5.91 Å². The van der Waals surface area contributed by atoms with Crippen molar-refractivity contribution in [3.8, 4) is 0 Å². The normalized spacial score (nSPS) is 26.4. The summed E-state index contributed by atoms with van der Waals surface area (Å²) >= 11 is 0. The number of ether oxygens (including phenoxy) is 2. The first-order valence-corrected chi connectivity index (χ1v) is 12.5. The quantitative estimate of drug-likeness (QED) is 0.616. The van der Waals surface area contributed by atoms with Gasteiger partial charge >= 0.3 is 0 Å². The summed E-state index contributed by atoms with van der Waals surface area (Å²) in [6.45, 7) is 2.98. The van der Waals surface area contributed by atoms with E-state index in [0.717, 1.165) is 30.7 Å². The fourth-order valence-corrected chi connectivity index (χ4v) is 6.31. The summed E-state index contributed by atoms with van der Waals surface area (Å²) in [4.78, 5) is 22.2. The van der Waals surface area contributed by atoms with E-state index >= 15 is 0 Å². The SMILES string of the molecule is Cc1nc(CC(=O)NC23CCC(C2)C3)c(C2OCCO2)c(NCc2cccc3c2CCC3(F)F)n1. The summed E-state index contributed by atoms with van der Waals surface area (Å²) in [5, 5.41) is 6.57. The molecule has 186 valence electrons. The van der Waals surface area contributed by atoms with E-state index in [4.69, 9.17) is 9.47 Å². The minimum absolute atomic E-state index is 0.0405. The zero-order chi connectivity index (χ0) is 24.2. The number of hydrogen-bond acceptors (Lipinski definition) is 6. The molecule has 1 amide bonds. The maximum absolute atomic E-state index is 14.2. The number of nitrogens with one attached hydrogen (secondary N) is 2. The lowest BCUT2D eigenvalue weighted by atomic mass is 9.77. The van der Waals surface area contributed by atoms with Crippen molar-refractivity contribution < 1.29 is 23.0 Å². The van der Waals surface area contributed by atoms with E-state index in [1.807, 2.05) is 6.07 Å². The van der Waals surface area contributed by atoms with Crippen LogP contribution in [0.25, 0.3) is 0 Å². The summed E-state index contributed by atoms with van der Waals surface area (Å²) in [5.74, 6) is -1.06. The van der Waals surface area contributed by atoms with E-state index in [-0.39, 0.29) is 29.9 Å². The monoisotopic (exact) mass is 484 g/mol. The van der Waals surface area contributed by atoms with Gasteiger partial charge in [0.1, 0.15) is 11.6 Å². The first kappa shape index (κ1) is 22.8. The third kappa shape index (κ3) is 4.18. The molecule has 4 aliphatic carbocycles. The molecule has 7 nitrogen and oxygen atoms in total. The molecule has 1 saturated heterocycles. The van der Waals surface area contributed by atoms with E-state index in [0.29, 0.717) is 54.6 Å². The van der Waals surface area contributed by atoms with Crippen molar-refractivity contribution in [2.45, 2.75) is 76.2 Å². The predicted octanol–water partition coefficient (Wildman–Crippen LogP) is 4.08. The number of aryl methyl sites for hydroxylation is 1. The summed E-state index contributed by atoms with van der Waals surface area (Å²) in [6.07, 6.45) is 3.97. The third-order valence-corrected chi connectivity index (χ3v) is 7.92. The van der Waals surface area contributed by atoms with Crippen molar-refractivity contribution in [1.82, 2.24) is 15.3 Å². The fraction of sp³-hybridized carbons (Fsp3) is 0.577. The Kier molecular flexibility index (Phi) is 5.52. The van der Waals surface area contributed by atoms with E-state index in [1.54, 1.807) is 13.0 Å². The second kappa shape index (κ2) is 8.48. The van der Waals surface area contributed by atoms with Gasteiger partial charge in [-0.15, -0.1) is 0 Å². The van der Waals surface area contributed by atoms with Crippen LogP contribution in [-0.2, 0) is 39.6 Å². The Hall–Kier alpha value is -2.65. The lowest BCUT2D eigenvalue weighted by Crippen LogP contribution is -2.52. The van der Waals surface area contributed by atoms with Crippen LogP contribution in [0.15, 0.2) is 18.2 Å². The lowest BCUT2D eigenvalue weighted by Gasteiger charge is -2.39. The fourth-order valence-electron chi connectivity index (χ4n) is 6.31. The topological polar surface area (TPSA) is 85.4 Å². The number of anilines is 1. The number of amides is 1. The molecule has 1 aromatic carbocycles. The second-order valence-corrected chi connectivity index (χ2v) is 10.4. The molecule has 3 saturated carbocycles. The number of nitrogens with zero attached hydrogens (tertiary/aromatic N) is 2. The summed E-state index contributed by atoms with van der Waals surface area (Å²) in [6, 6.07) is 5.05. The van der Waals surface area contributed by atoms with Crippen LogP contribution in [0, 0.1) is 12.8 Å². The summed E-state index contributed by atoms with van der Waals surface area (Å²) < 4.78 is 40.0. The molecule has 0 unspecified atom stereocenters. The van der Waals surface area contributed by atoms with E-state index in [9.17, 15) is 13.6 Å². The molecule has 0 spiro atoms. The van der Waals surface area contributed by atoms with Crippen molar-refractivity contribution in [2.24, 2.45) is 5.92 Å². The highest BCUT2D eigenvalue weighted by molar-refractivity contribution is 5.80. The molecule has 2 aromatic rings. The van der Waals surface area contributed by atoms with Gasteiger partial charge in [-0.2, -0.15) is 0 Å². The van der Waals surface area contributed by atoms with Crippen molar-refractivity contribution >= 4 is 11.7 Å². The highest BCUT2D eigenvalue weighted by Gasteiger charge is 2.51. The summed E-state index contributed by atoms with van der Waals surface area (Å²) in [5.41, 5.74) is 2.76. The van der Waals surface area contributed by atoms with Gasteiger partial charge in [-0.05, 0) is 56.1 Å². The lowest BCUT2D eigenvalue weighted by molar-refractivity contribution is -0.123. The van der Waals surface area contributed by atoms with Crippen LogP contribution < -0.4 is 10.6 Å². The molecule has 7 rings (SSSR count). The number of carbonyl (C=O) groups excluding carboxylic acids is 1. The van der Waals surface area contributed by atoms with Crippen molar-refractivity contribution in [3.05, 3.63) is 52.0 Å². The zero-order valence-corrected chi connectivity index (χ0v) is 19.8. The molecule has 2 bridgehead atoms. The van der Waals surface area contributed by atoms with Gasteiger partial charge in [0, 0.05) is 24.1 Å². The molecule has 1 aliphatic heterocycles. The van der Waals surface area contributed by atoms with E-state index in [2.05, 4.69) is 20.6 Å². The van der Waals surface area contributed by atoms with Crippen LogP contribution >= 0.6 is 0 Å². The molecule has 4 fully saturated rings.